The standard InChI is InChI=1S/C19H19F3N4O/c1-2-26(13-15-6-4-3-5-7-15)16-10-8-14(9-11-16)12-23-18-25-24-17(27-18)19(20,21)22/h3-11H,2,12-13H2,1H3,(H,23,25). The van der Waals surface area contributed by atoms with E-state index < -0.39 is 12.1 Å². The molecule has 2 aromatic carbocycles. The molecule has 0 saturated heterocycles. The molecule has 3 aromatic rings. The number of aromatic nitrogens is 2. The van der Waals surface area contributed by atoms with Crippen LogP contribution in [-0.2, 0) is 19.3 Å². The van der Waals surface area contributed by atoms with Gasteiger partial charge in [-0.1, -0.05) is 47.6 Å². The highest BCUT2D eigenvalue weighted by molar-refractivity contribution is 5.48. The van der Waals surface area contributed by atoms with E-state index in [4.69, 9.17) is 0 Å². The van der Waals surface area contributed by atoms with Crippen molar-refractivity contribution in [3.63, 3.8) is 0 Å². The van der Waals surface area contributed by atoms with Crippen LogP contribution in [-0.4, -0.2) is 16.7 Å². The predicted octanol–water partition coefficient (Wildman–Crippen LogP) is 4.73. The molecule has 0 radical (unpaired) electrons. The van der Waals surface area contributed by atoms with E-state index in [1.165, 1.54) is 5.56 Å². The summed E-state index contributed by atoms with van der Waals surface area (Å²) in [6.07, 6.45) is -4.64. The van der Waals surface area contributed by atoms with Crippen LogP contribution < -0.4 is 10.2 Å². The SMILES string of the molecule is CCN(Cc1ccccc1)c1ccc(CNc2nnc(C(F)(F)F)o2)cc1. The summed E-state index contributed by atoms with van der Waals surface area (Å²) in [5, 5.41) is 9.03. The third kappa shape index (κ3) is 4.99. The number of anilines is 2. The van der Waals surface area contributed by atoms with E-state index in [0.717, 1.165) is 24.3 Å². The van der Waals surface area contributed by atoms with Crippen molar-refractivity contribution in [1.82, 2.24) is 10.2 Å². The molecular weight excluding hydrogens is 357 g/mol. The lowest BCUT2D eigenvalue weighted by atomic mass is 10.1. The Bertz CT molecular complexity index is 847. The highest BCUT2D eigenvalue weighted by Crippen LogP contribution is 2.28. The van der Waals surface area contributed by atoms with Crippen LogP contribution in [0.5, 0.6) is 0 Å². The van der Waals surface area contributed by atoms with Crippen LogP contribution in [0.15, 0.2) is 59.0 Å². The first-order valence-electron chi connectivity index (χ1n) is 8.48. The number of hydrogen-bond acceptors (Lipinski definition) is 5. The molecule has 1 N–H and O–H groups in total. The number of alkyl halides is 3. The fourth-order valence-corrected chi connectivity index (χ4v) is 2.60. The largest absolute Gasteiger partial charge is 0.470 e. The van der Waals surface area contributed by atoms with Crippen molar-refractivity contribution in [3.8, 4) is 0 Å². The first kappa shape index (κ1) is 18.8. The van der Waals surface area contributed by atoms with Gasteiger partial charge in [0.05, 0.1) is 0 Å². The molecule has 8 heteroatoms. The van der Waals surface area contributed by atoms with Gasteiger partial charge in [-0.25, -0.2) is 0 Å². The number of benzene rings is 2. The zero-order valence-corrected chi connectivity index (χ0v) is 14.7. The number of rotatable bonds is 7. The Kier molecular flexibility index (Phi) is 5.63. The van der Waals surface area contributed by atoms with Crippen molar-refractivity contribution in [2.75, 3.05) is 16.8 Å². The van der Waals surface area contributed by atoms with E-state index in [2.05, 4.69) is 43.9 Å². The fourth-order valence-electron chi connectivity index (χ4n) is 2.60. The topological polar surface area (TPSA) is 54.2 Å². The Hall–Kier alpha value is -3.03. The Morgan fingerprint density at radius 3 is 2.26 bits per heavy atom. The second kappa shape index (κ2) is 8.11. The zero-order chi connectivity index (χ0) is 19.3. The van der Waals surface area contributed by atoms with Gasteiger partial charge in [0.2, 0.25) is 0 Å². The minimum Gasteiger partial charge on any atom is -0.399 e. The lowest BCUT2D eigenvalue weighted by Gasteiger charge is -2.23. The molecule has 3 rings (SSSR count). The third-order valence-corrected chi connectivity index (χ3v) is 4.01. The summed E-state index contributed by atoms with van der Waals surface area (Å²) in [6.45, 7) is 4.03. The Morgan fingerprint density at radius 2 is 1.67 bits per heavy atom. The van der Waals surface area contributed by atoms with Crippen molar-refractivity contribution in [1.29, 1.82) is 0 Å². The zero-order valence-electron chi connectivity index (χ0n) is 14.7. The minimum absolute atomic E-state index is 0.259. The van der Waals surface area contributed by atoms with Gasteiger partial charge >= 0.3 is 18.1 Å². The van der Waals surface area contributed by atoms with E-state index in [1.807, 2.05) is 42.5 Å². The number of nitrogens with zero attached hydrogens (tertiary/aromatic N) is 3. The fraction of sp³-hybridized carbons (Fsp3) is 0.263. The van der Waals surface area contributed by atoms with Gasteiger partial charge < -0.3 is 14.6 Å². The van der Waals surface area contributed by atoms with E-state index >= 15 is 0 Å². The molecule has 0 aliphatic heterocycles. The molecule has 1 heterocycles. The second-order valence-electron chi connectivity index (χ2n) is 5.93. The third-order valence-electron chi connectivity index (χ3n) is 4.01. The van der Waals surface area contributed by atoms with Crippen molar-refractivity contribution >= 4 is 11.7 Å². The van der Waals surface area contributed by atoms with Gasteiger partial charge in [-0.2, -0.15) is 13.2 Å². The smallest absolute Gasteiger partial charge is 0.399 e. The average Bonchev–Trinajstić information content (AvgIpc) is 3.15. The maximum atomic E-state index is 12.4. The van der Waals surface area contributed by atoms with Crippen molar-refractivity contribution < 1.29 is 17.6 Å². The summed E-state index contributed by atoms with van der Waals surface area (Å²) in [6, 6.07) is 17.7. The van der Waals surface area contributed by atoms with Crippen LogP contribution in [0.2, 0.25) is 0 Å². The van der Waals surface area contributed by atoms with Gasteiger partial charge in [-0.3, -0.25) is 0 Å². The van der Waals surface area contributed by atoms with Gasteiger partial charge in [0.25, 0.3) is 0 Å². The average molecular weight is 376 g/mol. The van der Waals surface area contributed by atoms with E-state index in [9.17, 15) is 13.2 Å². The molecule has 0 spiro atoms. The van der Waals surface area contributed by atoms with Crippen LogP contribution in [0.1, 0.15) is 23.9 Å². The van der Waals surface area contributed by atoms with E-state index in [0.29, 0.717) is 0 Å². The highest BCUT2D eigenvalue weighted by Gasteiger charge is 2.38. The molecule has 0 unspecified atom stereocenters. The normalized spacial score (nSPS) is 11.4. The van der Waals surface area contributed by atoms with Crippen LogP contribution >= 0.6 is 0 Å². The molecular formula is C19H19F3N4O. The van der Waals surface area contributed by atoms with Crippen LogP contribution in [0.25, 0.3) is 0 Å². The van der Waals surface area contributed by atoms with Crippen LogP contribution in [0, 0.1) is 0 Å². The number of halogens is 3. The molecule has 0 fully saturated rings. The molecule has 0 bridgehead atoms. The Labute approximate surface area is 154 Å². The monoisotopic (exact) mass is 376 g/mol. The highest BCUT2D eigenvalue weighted by atomic mass is 19.4. The maximum Gasteiger partial charge on any atom is 0.470 e. The molecule has 0 amide bonds. The van der Waals surface area contributed by atoms with Crippen molar-refractivity contribution in [3.05, 3.63) is 71.6 Å². The summed E-state index contributed by atoms with van der Waals surface area (Å²) >= 11 is 0. The summed E-state index contributed by atoms with van der Waals surface area (Å²) < 4.78 is 41.9. The molecule has 5 nitrogen and oxygen atoms in total. The molecule has 142 valence electrons. The van der Waals surface area contributed by atoms with E-state index in [-0.39, 0.29) is 12.6 Å². The number of nitrogens with one attached hydrogen (secondary N) is 1. The maximum absolute atomic E-state index is 12.4. The summed E-state index contributed by atoms with van der Waals surface area (Å²) in [4.78, 5) is 2.24. The lowest BCUT2D eigenvalue weighted by molar-refractivity contribution is -0.156. The van der Waals surface area contributed by atoms with Crippen LogP contribution in [0.3, 0.4) is 0 Å². The molecule has 0 saturated carbocycles. The molecule has 1 aromatic heterocycles. The summed E-state index contributed by atoms with van der Waals surface area (Å²) in [7, 11) is 0. The first-order chi connectivity index (χ1) is 13.0. The Balaban J connectivity index is 1.60. The molecule has 0 aliphatic rings. The summed E-state index contributed by atoms with van der Waals surface area (Å²) in [5.41, 5.74) is 3.19. The van der Waals surface area contributed by atoms with Gasteiger partial charge in [-0.15, -0.1) is 5.10 Å². The van der Waals surface area contributed by atoms with Gasteiger partial charge in [0.15, 0.2) is 0 Å². The Morgan fingerprint density at radius 1 is 0.963 bits per heavy atom. The minimum atomic E-state index is -4.64. The molecule has 27 heavy (non-hydrogen) atoms. The predicted molar refractivity (Wildman–Crippen MR) is 96.2 cm³/mol. The lowest BCUT2D eigenvalue weighted by Crippen LogP contribution is -2.21. The van der Waals surface area contributed by atoms with E-state index in [1.54, 1.807) is 0 Å². The first-order valence-corrected chi connectivity index (χ1v) is 8.48. The van der Waals surface area contributed by atoms with Gasteiger partial charge in [-0.05, 0) is 30.2 Å². The van der Waals surface area contributed by atoms with Gasteiger partial charge in [0.1, 0.15) is 0 Å². The number of hydrogen-bond donors (Lipinski definition) is 1. The van der Waals surface area contributed by atoms with Crippen LogP contribution in [0.4, 0.5) is 24.9 Å². The van der Waals surface area contributed by atoms with Gasteiger partial charge in [0, 0.05) is 25.3 Å². The molecule has 0 atom stereocenters. The van der Waals surface area contributed by atoms with Crippen molar-refractivity contribution in [2.45, 2.75) is 26.2 Å². The van der Waals surface area contributed by atoms with Crippen molar-refractivity contribution in [2.24, 2.45) is 0 Å². The summed E-state index contributed by atoms with van der Waals surface area (Å²) in [5.74, 6) is -1.36. The molecule has 0 aliphatic carbocycles. The second-order valence-corrected chi connectivity index (χ2v) is 5.93. The quantitative estimate of drug-likeness (QED) is 0.646.